The van der Waals surface area contributed by atoms with E-state index in [0.717, 1.165) is 5.52 Å². The van der Waals surface area contributed by atoms with Crippen molar-refractivity contribution in [1.82, 2.24) is 15.2 Å². The SMILES string of the molecule is CC(C)c1[nH]nc2cnccc12. The summed E-state index contributed by atoms with van der Waals surface area (Å²) in [6.07, 6.45) is 3.57. The molecule has 0 aliphatic rings. The van der Waals surface area contributed by atoms with Gasteiger partial charge in [-0.25, -0.2) is 0 Å². The highest BCUT2D eigenvalue weighted by molar-refractivity contribution is 5.80. The number of pyridine rings is 1. The Bertz CT molecular complexity index is 389. The number of hydrogen-bond acceptors (Lipinski definition) is 2. The minimum absolute atomic E-state index is 0.484. The first-order valence-corrected chi connectivity index (χ1v) is 4.07. The van der Waals surface area contributed by atoms with Crippen LogP contribution in [0.25, 0.3) is 10.9 Å². The van der Waals surface area contributed by atoms with Crippen LogP contribution in [-0.4, -0.2) is 15.2 Å². The molecule has 12 heavy (non-hydrogen) atoms. The third-order valence-electron chi connectivity index (χ3n) is 1.96. The number of nitrogens with zero attached hydrogens (tertiary/aromatic N) is 2. The van der Waals surface area contributed by atoms with Crippen molar-refractivity contribution in [3.63, 3.8) is 0 Å². The monoisotopic (exact) mass is 161 g/mol. The van der Waals surface area contributed by atoms with E-state index in [-0.39, 0.29) is 0 Å². The van der Waals surface area contributed by atoms with E-state index in [9.17, 15) is 0 Å². The zero-order valence-electron chi connectivity index (χ0n) is 7.20. The first-order valence-electron chi connectivity index (χ1n) is 4.07. The molecule has 0 bridgehead atoms. The maximum absolute atomic E-state index is 4.15. The normalized spacial score (nSPS) is 11.2. The molecule has 2 rings (SSSR count). The topological polar surface area (TPSA) is 41.6 Å². The third kappa shape index (κ3) is 0.978. The largest absolute Gasteiger partial charge is 0.281 e. The predicted molar refractivity (Wildman–Crippen MR) is 48.0 cm³/mol. The van der Waals surface area contributed by atoms with Crippen molar-refractivity contribution in [2.24, 2.45) is 0 Å². The standard InChI is InChI=1S/C9H11N3/c1-6(2)9-7-3-4-10-5-8(7)11-12-9/h3-6H,1-2H3,(H,11,12). The molecule has 2 aromatic rings. The summed E-state index contributed by atoms with van der Waals surface area (Å²) < 4.78 is 0. The van der Waals surface area contributed by atoms with Crippen LogP contribution in [0, 0.1) is 0 Å². The van der Waals surface area contributed by atoms with Crippen LogP contribution >= 0.6 is 0 Å². The molecule has 0 unspecified atom stereocenters. The molecule has 0 aliphatic heterocycles. The van der Waals surface area contributed by atoms with Gasteiger partial charge in [-0.2, -0.15) is 5.10 Å². The second-order valence-electron chi connectivity index (χ2n) is 3.18. The summed E-state index contributed by atoms with van der Waals surface area (Å²) in [6, 6.07) is 1.99. The zero-order chi connectivity index (χ0) is 8.55. The lowest BCUT2D eigenvalue weighted by Crippen LogP contribution is -1.87. The minimum Gasteiger partial charge on any atom is -0.281 e. The molecule has 62 valence electrons. The zero-order valence-corrected chi connectivity index (χ0v) is 7.20. The quantitative estimate of drug-likeness (QED) is 0.695. The minimum atomic E-state index is 0.484. The highest BCUT2D eigenvalue weighted by Crippen LogP contribution is 2.20. The number of nitrogens with one attached hydrogen (secondary N) is 1. The Morgan fingerprint density at radius 1 is 1.42 bits per heavy atom. The number of rotatable bonds is 1. The van der Waals surface area contributed by atoms with Crippen LogP contribution < -0.4 is 0 Å². The van der Waals surface area contributed by atoms with Crippen LogP contribution in [0.1, 0.15) is 25.5 Å². The second kappa shape index (κ2) is 2.59. The van der Waals surface area contributed by atoms with Crippen molar-refractivity contribution in [2.45, 2.75) is 19.8 Å². The second-order valence-corrected chi connectivity index (χ2v) is 3.18. The van der Waals surface area contributed by atoms with Gasteiger partial charge in [0.1, 0.15) is 5.52 Å². The summed E-state index contributed by atoms with van der Waals surface area (Å²) in [5, 5.41) is 8.36. The van der Waals surface area contributed by atoms with Crippen molar-refractivity contribution < 1.29 is 0 Å². The first-order chi connectivity index (χ1) is 5.79. The molecule has 0 saturated heterocycles. The fourth-order valence-corrected chi connectivity index (χ4v) is 1.32. The van der Waals surface area contributed by atoms with Gasteiger partial charge in [0.05, 0.1) is 6.20 Å². The molecule has 0 amide bonds. The van der Waals surface area contributed by atoms with Crippen LogP contribution in [0.3, 0.4) is 0 Å². The Morgan fingerprint density at radius 2 is 2.25 bits per heavy atom. The van der Waals surface area contributed by atoms with Crippen molar-refractivity contribution in [2.75, 3.05) is 0 Å². The first kappa shape index (κ1) is 7.28. The van der Waals surface area contributed by atoms with E-state index < -0.39 is 0 Å². The third-order valence-corrected chi connectivity index (χ3v) is 1.96. The molecule has 0 aliphatic carbocycles. The predicted octanol–water partition coefficient (Wildman–Crippen LogP) is 2.08. The molecular formula is C9H11N3. The molecule has 0 aromatic carbocycles. The number of H-pyrrole nitrogens is 1. The lowest BCUT2D eigenvalue weighted by atomic mass is 10.1. The van der Waals surface area contributed by atoms with Gasteiger partial charge in [-0.05, 0) is 12.0 Å². The molecule has 3 nitrogen and oxygen atoms in total. The Hall–Kier alpha value is -1.38. The van der Waals surface area contributed by atoms with Gasteiger partial charge < -0.3 is 0 Å². The molecule has 0 fully saturated rings. The van der Waals surface area contributed by atoms with E-state index >= 15 is 0 Å². The maximum atomic E-state index is 4.15. The molecule has 1 N–H and O–H groups in total. The number of aromatic nitrogens is 3. The van der Waals surface area contributed by atoms with Crippen LogP contribution in [0.2, 0.25) is 0 Å². The highest BCUT2D eigenvalue weighted by atomic mass is 15.1. The summed E-state index contributed by atoms with van der Waals surface area (Å²) in [5.74, 6) is 0.484. The maximum Gasteiger partial charge on any atom is 0.111 e. The molecule has 0 saturated carbocycles. The molecule has 0 radical (unpaired) electrons. The van der Waals surface area contributed by atoms with E-state index in [1.807, 2.05) is 6.07 Å². The van der Waals surface area contributed by atoms with E-state index in [2.05, 4.69) is 29.0 Å². The number of aromatic amines is 1. The fourth-order valence-electron chi connectivity index (χ4n) is 1.32. The summed E-state index contributed by atoms with van der Waals surface area (Å²) in [4.78, 5) is 4.00. The van der Waals surface area contributed by atoms with Gasteiger partial charge in [0.2, 0.25) is 0 Å². The molecule has 0 atom stereocenters. The van der Waals surface area contributed by atoms with Gasteiger partial charge in [0, 0.05) is 17.3 Å². The summed E-state index contributed by atoms with van der Waals surface area (Å²) >= 11 is 0. The van der Waals surface area contributed by atoms with Gasteiger partial charge in [0.25, 0.3) is 0 Å². The van der Waals surface area contributed by atoms with Gasteiger partial charge in [-0.1, -0.05) is 13.8 Å². The van der Waals surface area contributed by atoms with Crippen LogP contribution in [0.5, 0.6) is 0 Å². The van der Waals surface area contributed by atoms with Gasteiger partial charge in [-0.3, -0.25) is 10.1 Å². The van der Waals surface area contributed by atoms with E-state index in [1.54, 1.807) is 12.4 Å². The average Bonchev–Trinajstić information content (AvgIpc) is 2.47. The van der Waals surface area contributed by atoms with Crippen molar-refractivity contribution in [1.29, 1.82) is 0 Å². The molecule has 2 heterocycles. The summed E-state index contributed by atoms with van der Waals surface area (Å²) in [5.41, 5.74) is 2.13. The van der Waals surface area contributed by atoms with E-state index in [0.29, 0.717) is 5.92 Å². The fraction of sp³-hybridized carbons (Fsp3) is 0.333. The molecule has 3 heteroatoms. The Balaban J connectivity index is 2.70. The summed E-state index contributed by atoms with van der Waals surface area (Å²) in [7, 11) is 0. The molecule has 0 spiro atoms. The van der Waals surface area contributed by atoms with Crippen molar-refractivity contribution in [3.8, 4) is 0 Å². The van der Waals surface area contributed by atoms with Gasteiger partial charge in [-0.15, -0.1) is 0 Å². The van der Waals surface area contributed by atoms with Crippen LogP contribution in [0.4, 0.5) is 0 Å². The summed E-state index contributed by atoms with van der Waals surface area (Å²) in [6.45, 7) is 4.29. The van der Waals surface area contributed by atoms with Crippen molar-refractivity contribution in [3.05, 3.63) is 24.2 Å². The number of fused-ring (bicyclic) bond motifs is 1. The van der Waals surface area contributed by atoms with E-state index in [4.69, 9.17) is 0 Å². The smallest absolute Gasteiger partial charge is 0.111 e. The highest BCUT2D eigenvalue weighted by Gasteiger charge is 2.06. The lowest BCUT2D eigenvalue weighted by Gasteiger charge is -1.99. The average molecular weight is 161 g/mol. The van der Waals surface area contributed by atoms with Crippen molar-refractivity contribution >= 4 is 10.9 Å². The molecular weight excluding hydrogens is 150 g/mol. The van der Waals surface area contributed by atoms with Crippen LogP contribution in [-0.2, 0) is 0 Å². The Labute approximate surface area is 70.8 Å². The Morgan fingerprint density at radius 3 is 3.00 bits per heavy atom. The number of hydrogen-bond donors (Lipinski definition) is 1. The van der Waals surface area contributed by atoms with E-state index in [1.165, 1.54) is 11.1 Å². The Kier molecular flexibility index (Phi) is 1.57. The lowest BCUT2D eigenvalue weighted by molar-refractivity contribution is 0.818. The van der Waals surface area contributed by atoms with Crippen LogP contribution in [0.15, 0.2) is 18.5 Å². The molecule has 2 aromatic heterocycles. The van der Waals surface area contributed by atoms with Gasteiger partial charge in [0.15, 0.2) is 0 Å². The van der Waals surface area contributed by atoms with Gasteiger partial charge >= 0.3 is 0 Å².